The van der Waals surface area contributed by atoms with E-state index in [-0.39, 0.29) is 15.8 Å². The highest BCUT2D eigenvalue weighted by molar-refractivity contribution is 9.10. The topological polar surface area (TPSA) is 63.2 Å². The molecule has 0 saturated heterocycles. The van der Waals surface area contributed by atoms with Crippen molar-refractivity contribution >= 4 is 58.9 Å². The van der Waals surface area contributed by atoms with E-state index in [1.807, 2.05) is 0 Å². The number of halogens is 3. The third kappa shape index (κ3) is 4.20. The summed E-state index contributed by atoms with van der Waals surface area (Å²) in [5, 5.41) is 2.69. The first kappa shape index (κ1) is 16.3. The highest BCUT2D eigenvalue weighted by atomic mass is 79.9. The lowest BCUT2D eigenvalue weighted by atomic mass is 10.2. The van der Waals surface area contributed by atoms with Crippen LogP contribution in [0.4, 0.5) is 5.69 Å². The zero-order valence-corrected chi connectivity index (χ0v) is 14.2. The average molecular weight is 409 g/mol. The summed E-state index contributed by atoms with van der Waals surface area (Å²) in [6, 6.07) is 10.7. The molecule has 0 radical (unpaired) electrons. The Bertz CT molecular complexity index is 809. The van der Waals surface area contributed by atoms with Crippen LogP contribution < -0.4 is 5.32 Å². The summed E-state index contributed by atoms with van der Waals surface area (Å²) in [6.07, 6.45) is 0. The van der Waals surface area contributed by atoms with E-state index in [0.29, 0.717) is 11.3 Å². The molecule has 0 fully saturated rings. The second-order valence-electron chi connectivity index (χ2n) is 4.04. The molecule has 1 amide bonds. The van der Waals surface area contributed by atoms with Gasteiger partial charge < -0.3 is 5.32 Å². The Hall–Kier alpha value is -1.08. The number of rotatable bonds is 3. The Labute approximate surface area is 139 Å². The molecule has 4 nitrogen and oxygen atoms in total. The van der Waals surface area contributed by atoms with E-state index in [0.717, 1.165) is 4.47 Å². The maximum atomic E-state index is 12.1. The van der Waals surface area contributed by atoms with Crippen LogP contribution in [0, 0.1) is 0 Å². The van der Waals surface area contributed by atoms with Crippen molar-refractivity contribution in [3.05, 3.63) is 57.5 Å². The van der Waals surface area contributed by atoms with E-state index in [4.69, 9.17) is 22.3 Å². The number of carbonyl (C=O) groups is 1. The van der Waals surface area contributed by atoms with Gasteiger partial charge in [-0.15, -0.1) is 0 Å². The molecular weight excluding hydrogens is 401 g/mol. The number of nitrogens with one attached hydrogen (secondary N) is 1. The summed E-state index contributed by atoms with van der Waals surface area (Å²) in [7, 11) is 1.36. The number of hydrogen-bond acceptors (Lipinski definition) is 3. The van der Waals surface area contributed by atoms with Crippen molar-refractivity contribution in [2.24, 2.45) is 0 Å². The lowest BCUT2D eigenvalue weighted by Crippen LogP contribution is -2.12. The predicted octanol–water partition coefficient (Wildman–Crippen LogP) is 4.28. The monoisotopic (exact) mass is 407 g/mol. The summed E-state index contributed by atoms with van der Waals surface area (Å²) in [5.41, 5.74) is 0.736. The zero-order valence-electron chi connectivity index (χ0n) is 10.3. The van der Waals surface area contributed by atoms with Crippen molar-refractivity contribution in [3.63, 3.8) is 0 Å². The smallest absolute Gasteiger partial charge is 0.261 e. The molecule has 0 bridgehead atoms. The van der Waals surface area contributed by atoms with E-state index >= 15 is 0 Å². The maximum Gasteiger partial charge on any atom is 0.261 e. The Morgan fingerprint density at radius 1 is 1.14 bits per heavy atom. The highest BCUT2D eigenvalue weighted by Gasteiger charge is 2.14. The van der Waals surface area contributed by atoms with Crippen molar-refractivity contribution < 1.29 is 13.2 Å². The molecule has 0 aromatic heterocycles. The molecule has 0 saturated carbocycles. The molecule has 2 aromatic carbocycles. The van der Waals surface area contributed by atoms with E-state index < -0.39 is 9.05 Å². The first-order valence-corrected chi connectivity index (χ1v) is 9.06. The van der Waals surface area contributed by atoms with Gasteiger partial charge in [0.05, 0.1) is 15.6 Å². The average Bonchev–Trinajstić information content (AvgIpc) is 2.39. The van der Waals surface area contributed by atoms with Crippen LogP contribution in [0.2, 0.25) is 5.02 Å². The summed E-state index contributed by atoms with van der Waals surface area (Å²) in [6.45, 7) is 0. The van der Waals surface area contributed by atoms with Crippen molar-refractivity contribution in [1.82, 2.24) is 0 Å². The van der Waals surface area contributed by atoms with Crippen LogP contribution in [0.1, 0.15) is 10.4 Å². The molecule has 2 aromatic rings. The van der Waals surface area contributed by atoms with Crippen LogP contribution in [0.15, 0.2) is 51.8 Å². The van der Waals surface area contributed by atoms with Crippen molar-refractivity contribution in [2.75, 3.05) is 5.32 Å². The van der Waals surface area contributed by atoms with Crippen molar-refractivity contribution in [3.8, 4) is 0 Å². The Morgan fingerprint density at radius 2 is 1.86 bits per heavy atom. The minimum absolute atomic E-state index is 0.0834. The van der Waals surface area contributed by atoms with Gasteiger partial charge in [-0.3, -0.25) is 4.79 Å². The number of carbonyl (C=O) groups excluding carboxylic acids is 1. The van der Waals surface area contributed by atoms with Crippen LogP contribution in [0.5, 0.6) is 0 Å². The molecule has 0 unspecified atom stereocenters. The summed E-state index contributed by atoms with van der Waals surface area (Å²) in [4.78, 5) is 11.9. The quantitative estimate of drug-likeness (QED) is 0.770. The Kier molecular flexibility index (Phi) is 4.93. The second kappa shape index (κ2) is 6.36. The van der Waals surface area contributed by atoms with Crippen LogP contribution in [0.3, 0.4) is 0 Å². The number of amides is 1. The predicted molar refractivity (Wildman–Crippen MR) is 86.6 cm³/mol. The van der Waals surface area contributed by atoms with E-state index in [1.165, 1.54) is 18.2 Å². The Morgan fingerprint density at radius 3 is 2.43 bits per heavy atom. The standard InChI is InChI=1S/C13H8BrCl2NO3S/c14-9-3-1-2-8(6-9)13(18)17-12-5-4-10(7-11(12)15)21(16,19)20/h1-7H,(H,17,18). The fraction of sp³-hybridized carbons (Fsp3) is 0. The molecule has 1 N–H and O–H groups in total. The Balaban J connectivity index is 2.26. The molecule has 110 valence electrons. The molecule has 0 aliphatic carbocycles. The lowest BCUT2D eigenvalue weighted by Gasteiger charge is -2.08. The van der Waals surface area contributed by atoms with Gasteiger partial charge in [0.15, 0.2) is 0 Å². The van der Waals surface area contributed by atoms with E-state index in [9.17, 15) is 13.2 Å². The van der Waals surface area contributed by atoms with Crippen molar-refractivity contribution in [2.45, 2.75) is 4.90 Å². The molecule has 2 rings (SSSR count). The van der Waals surface area contributed by atoms with Crippen LogP contribution >= 0.6 is 38.2 Å². The summed E-state index contributed by atoms with van der Waals surface area (Å²) in [5.74, 6) is -0.361. The van der Waals surface area contributed by atoms with E-state index in [1.54, 1.807) is 24.3 Å². The van der Waals surface area contributed by atoms with Crippen LogP contribution in [0.25, 0.3) is 0 Å². The van der Waals surface area contributed by atoms with E-state index in [2.05, 4.69) is 21.2 Å². The molecule has 21 heavy (non-hydrogen) atoms. The number of benzene rings is 2. The highest BCUT2D eigenvalue weighted by Crippen LogP contribution is 2.27. The van der Waals surface area contributed by atoms with Gasteiger partial charge in [0.1, 0.15) is 0 Å². The zero-order chi connectivity index (χ0) is 15.6. The lowest BCUT2D eigenvalue weighted by molar-refractivity contribution is 0.102. The first-order chi connectivity index (χ1) is 9.77. The van der Waals surface area contributed by atoms with Gasteiger partial charge in [0.25, 0.3) is 15.0 Å². The van der Waals surface area contributed by atoms with Crippen LogP contribution in [-0.4, -0.2) is 14.3 Å². The summed E-state index contributed by atoms with van der Waals surface area (Å²) >= 11 is 9.23. The third-order valence-corrected chi connectivity index (χ3v) is 4.71. The molecule has 0 heterocycles. The minimum Gasteiger partial charge on any atom is -0.321 e. The minimum atomic E-state index is -3.86. The second-order valence-corrected chi connectivity index (χ2v) is 7.93. The van der Waals surface area contributed by atoms with Gasteiger partial charge in [0, 0.05) is 20.7 Å². The van der Waals surface area contributed by atoms with Crippen molar-refractivity contribution in [1.29, 1.82) is 0 Å². The number of anilines is 1. The SMILES string of the molecule is O=C(Nc1ccc(S(=O)(=O)Cl)cc1Cl)c1cccc(Br)c1. The third-order valence-electron chi connectivity index (χ3n) is 2.56. The molecule has 0 spiro atoms. The molecule has 0 aliphatic heterocycles. The summed E-state index contributed by atoms with van der Waals surface area (Å²) < 4.78 is 23.2. The normalized spacial score (nSPS) is 11.2. The molecule has 0 aliphatic rings. The fourth-order valence-electron chi connectivity index (χ4n) is 1.57. The first-order valence-electron chi connectivity index (χ1n) is 5.58. The molecule has 8 heteroatoms. The molecular formula is C13H8BrCl2NO3S. The molecule has 0 atom stereocenters. The van der Waals surface area contributed by atoms with Gasteiger partial charge >= 0.3 is 0 Å². The number of hydrogen-bond donors (Lipinski definition) is 1. The maximum absolute atomic E-state index is 12.1. The largest absolute Gasteiger partial charge is 0.321 e. The van der Waals surface area contributed by atoms with Gasteiger partial charge in [0.2, 0.25) is 0 Å². The van der Waals surface area contributed by atoms with Gasteiger partial charge in [-0.2, -0.15) is 0 Å². The fourth-order valence-corrected chi connectivity index (χ4v) is 3.04. The van der Waals surface area contributed by atoms with Gasteiger partial charge in [-0.1, -0.05) is 33.6 Å². The van der Waals surface area contributed by atoms with Gasteiger partial charge in [-0.25, -0.2) is 8.42 Å². The van der Waals surface area contributed by atoms with Crippen LogP contribution in [-0.2, 0) is 9.05 Å². The van der Waals surface area contributed by atoms with Gasteiger partial charge in [-0.05, 0) is 36.4 Å².